The number of nitrogens with zero attached hydrogens (tertiary/aromatic N) is 2. The van der Waals surface area contributed by atoms with Crippen LogP contribution in [0, 0.1) is 11.7 Å². The molecule has 0 saturated heterocycles. The third-order valence-electron chi connectivity index (χ3n) is 3.56. The van der Waals surface area contributed by atoms with Crippen LogP contribution in [0.1, 0.15) is 5.56 Å². The number of aromatic nitrogens is 2. The summed E-state index contributed by atoms with van der Waals surface area (Å²) in [5, 5.41) is 5.11. The Morgan fingerprint density at radius 1 is 1.26 bits per heavy atom. The highest BCUT2D eigenvalue weighted by atomic mass is 32.1. The molecule has 23 heavy (non-hydrogen) atoms. The van der Waals surface area contributed by atoms with Gasteiger partial charge in [0.05, 0.1) is 16.1 Å². The monoisotopic (exact) mass is 330 g/mol. The third-order valence-corrected chi connectivity index (χ3v) is 4.47. The van der Waals surface area contributed by atoms with Crippen LogP contribution in [-0.4, -0.2) is 22.4 Å². The number of amides is 1. The van der Waals surface area contributed by atoms with Crippen LogP contribution < -0.4 is 11.1 Å². The van der Waals surface area contributed by atoms with Crippen molar-refractivity contribution in [3.8, 4) is 0 Å². The topological polar surface area (TPSA) is 80.9 Å². The lowest BCUT2D eigenvalue weighted by atomic mass is 9.98. The smallest absolute Gasteiger partial charge is 0.222 e. The minimum absolute atomic E-state index is 0.302. The van der Waals surface area contributed by atoms with Gasteiger partial charge in [-0.2, -0.15) is 0 Å². The highest BCUT2D eigenvalue weighted by molar-refractivity contribution is 7.17. The number of carbonyl (C=O) groups excluding carboxylic acids is 1. The van der Waals surface area contributed by atoms with Crippen molar-refractivity contribution in [1.82, 2.24) is 9.97 Å². The molecule has 3 N–H and O–H groups in total. The van der Waals surface area contributed by atoms with Crippen molar-refractivity contribution in [3.05, 3.63) is 53.4 Å². The summed E-state index contributed by atoms with van der Waals surface area (Å²) in [6, 6.07) is 7.98. The summed E-state index contributed by atoms with van der Waals surface area (Å²) in [5.41, 5.74) is 7.21. The largest absolute Gasteiger partial charge is 0.369 e. The van der Waals surface area contributed by atoms with Gasteiger partial charge in [-0.3, -0.25) is 4.79 Å². The number of hydrogen-bond donors (Lipinski definition) is 2. The van der Waals surface area contributed by atoms with Crippen molar-refractivity contribution < 1.29 is 9.18 Å². The Morgan fingerprint density at radius 3 is 2.78 bits per heavy atom. The maximum atomic E-state index is 13.0. The number of thiophene rings is 1. The van der Waals surface area contributed by atoms with Crippen molar-refractivity contribution in [1.29, 1.82) is 0 Å². The Bertz CT molecular complexity index is 818. The summed E-state index contributed by atoms with van der Waals surface area (Å²) < 4.78 is 13.9. The highest BCUT2D eigenvalue weighted by Gasteiger charge is 2.17. The summed E-state index contributed by atoms with van der Waals surface area (Å²) in [6.07, 6.45) is 1.93. The number of halogens is 1. The van der Waals surface area contributed by atoms with Gasteiger partial charge in [0, 0.05) is 6.54 Å². The first-order valence-electron chi connectivity index (χ1n) is 7.09. The fourth-order valence-corrected chi connectivity index (χ4v) is 3.12. The third kappa shape index (κ3) is 3.62. The number of benzene rings is 1. The lowest BCUT2D eigenvalue weighted by Gasteiger charge is -2.15. The lowest BCUT2D eigenvalue weighted by Crippen LogP contribution is -2.31. The Hall–Kier alpha value is -2.54. The van der Waals surface area contributed by atoms with Gasteiger partial charge in [-0.25, -0.2) is 14.4 Å². The standard InChI is InChI=1S/C16H15FN4OS/c17-12-3-1-10(2-4-12)7-11(15(18)22)8-19-16-14-13(5-6-23-14)20-9-21-16/h1-6,9,11H,7-8H2,(H2,18,22)(H,19,20,21)/t11-/m0/s1. The quantitative estimate of drug-likeness (QED) is 0.728. The first kappa shape index (κ1) is 15.4. The van der Waals surface area contributed by atoms with Gasteiger partial charge in [-0.1, -0.05) is 12.1 Å². The molecule has 2 aromatic heterocycles. The number of fused-ring (bicyclic) bond motifs is 1. The summed E-state index contributed by atoms with van der Waals surface area (Å²) in [7, 11) is 0. The van der Waals surface area contributed by atoms with Gasteiger partial charge in [0.25, 0.3) is 0 Å². The van der Waals surface area contributed by atoms with Crippen LogP contribution in [0.25, 0.3) is 10.2 Å². The normalized spacial score (nSPS) is 12.2. The molecule has 2 heterocycles. The number of primary amides is 1. The van der Waals surface area contributed by atoms with Crippen molar-refractivity contribution in [3.63, 3.8) is 0 Å². The molecule has 0 saturated carbocycles. The maximum Gasteiger partial charge on any atom is 0.222 e. The number of rotatable bonds is 6. The molecule has 0 aliphatic carbocycles. The van der Waals surface area contributed by atoms with Crippen molar-refractivity contribution >= 4 is 33.3 Å². The van der Waals surface area contributed by atoms with Gasteiger partial charge in [-0.05, 0) is 35.6 Å². The number of hydrogen-bond acceptors (Lipinski definition) is 5. The van der Waals surface area contributed by atoms with Gasteiger partial charge in [0.15, 0.2) is 0 Å². The molecule has 0 bridgehead atoms. The van der Waals surface area contributed by atoms with Crippen LogP contribution in [0.5, 0.6) is 0 Å². The highest BCUT2D eigenvalue weighted by Crippen LogP contribution is 2.25. The van der Waals surface area contributed by atoms with E-state index in [0.717, 1.165) is 15.8 Å². The van der Waals surface area contributed by atoms with Crippen molar-refractivity contribution in [2.24, 2.45) is 11.7 Å². The lowest BCUT2D eigenvalue weighted by molar-refractivity contribution is -0.121. The van der Waals surface area contributed by atoms with E-state index in [1.165, 1.54) is 29.8 Å². The van der Waals surface area contributed by atoms with E-state index in [0.29, 0.717) is 18.8 Å². The summed E-state index contributed by atoms with van der Waals surface area (Å²) >= 11 is 1.53. The molecule has 0 radical (unpaired) electrons. The van der Waals surface area contributed by atoms with Gasteiger partial charge < -0.3 is 11.1 Å². The molecule has 1 aromatic carbocycles. The van der Waals surface area contributed by atoms with Crippen LogP contribution in [0.15, 0.2) is 42.0 Å². The van der Waals surface area contributed by atoms with E-state index in [4.69, 9.17) is 5.73 Å². The van der Waals surface area contributed by atoms with Crippen LogP contribution in [0.3, 0.4) is 0 Å². The summed E-state index contributed by atoms with van der Waals surface area (Å²) in [6.45, 7) is 0.358. The fourth-order valence-electron chi connectivity index (χ4n) is 2.31. The Kier molecular flexibility index (Phi) is 4.47. The molecule has 3 aromatic rings. The molecule has 0 aliphatic heterocycles. The zero-order valence-electron chi connectivity index (χ0n) is 12.2. The number of nitrogens with one attached hydrogen (secondary N) is 1. The molecular formula is C16H15FN4OS. The van der Waals surface area contributed by atoms with Gasteiger partial charge in [0.2, 0.25) is 5.91 Å². The molecule has 0 fully saturated rings. The van der Waals surface area contributed by atoms with E-state index in [-0.39, 0.29) is 5.82 Å². The minimum Gasteiger partial charge on any atom is -0.369 e. The van der Waals surface area contributed by atoms with Crippen LogP contribution in [-0.2, 0) is 11.2 Å². The first-order valence-corrected chi connectivity index (χ1v) is 7.97. The molecule has 0 unspecified atom stereocenters. The number of nitrogens with two attached hydrogens (primary N) is 1. The molecule has 7 heteroatoms. The average molecular weight is 330 g/mol. The van der Waals surface area contributed by atoms with E-state index in [1.54, 1.807) is 12.1 Å². The molecule has 0 aliphatic rings. The van der Waals surface area contributed by atoms with E-state index in [9.17, 15) is 9.18 Å². The minimum atomic E-state index is -0.412. The van der Waals surface area contributed by atoms with E-state index in [2.05, 4.69) is 15.3 Å². The van der Waals surface area contributed by atoms with Gasteiger partial charge in [0.1, 0.15) is 18.0 Å². The Labute approximate surface area is 136 Å². The van der Waals surface area contributed by atoms with Crippen LogP contribution in [0.2, 0.25) is 0 Å². The van der Waals surface area contributed by atoms with E-state index >= 15 is 0 Å². The molecule has 0 spiro atoms. The van der Waals surface area contributed by atoms with Crippen LogP contribution in [0.4, 0.5) is 10.2 Å². The second-order valence-corrected chi connectivity index (χ2v) is 6.08. The van der Waals surface area contributed by atoms with E-state index < -0.39 is 11.8 Å². The molecule has 3 rings (SSSR count). The zero-order chi connectivity index (χ0) is 16.2. The number of carbonyl (C=O) groups is 1. The molecule has 1 atom stereocenters. The van der Waals surface area contributed by atoms with Gasteiger partial charge >= 0.3 is 0 Å². The van der Waals surface area contributed by atoms with Gasteiger partial charge in [-0.15, -0.1) is 11.3 Å². The summed E-state index contributed by atoms with van der Waals surface area (Å²) in [4.78, 5) is 20.1. The second-order valence-electron chi connectivity index (χ2n) is 5.17. The van der Waals surface area contributed by atoms with Crippen LogP contribution >= 0.6 is 11.3 Å². The molecule has 5 nitrogen and oxygen atoms in total. The zero-order valence-corrected chi connectivity index (χ0v) is 13.0. The van der Waals surface area contributed by atoms with E-state index in [1.807, 2.05) is 11.4 Å². The molecule has 1 amide bonds. The maximum absolute atomic E-state index is 13.0. The fraction of sp³-hybridized carbons (Fsp3) is 0.188. The second kappa shape index (κ2) is 6.70. The number of anilines is 1. The van der Waals surface area contributed by atoms with Crippen molar-refractivity contribution in [2.75, 3.05) is 11.9 Å². The Balaban J connectivity index is 1.71. The van der Waals surface area contributed by atoms with Crippen molar-refractivity contribution in [2.45, 2.75) is 6.42 Å². The average Bonchev–Trinajstić information content (AvgIpc) is 3.02. The summed E-state index contributed by atoms with van der Waals surface area (Å²) in [5.74, 6) is -0.428. The first-order chi connectivity index (χ1) is 11.1. The molecule has 118 valence electrons. The predicted octanol–water partition coefficient (Wildman–Crippen LogP) is 2.59. The SMILES string of the molecule is NC(=O)[C@H](CNc1ncnc2ccsc12)Cc1ccc(F)cc1. The Morgan fingerprint density at radius 2 is 2.04 bits per heavy atom. The molecular weight excluding hydrogens is 315 g/mol. The predicted molar refractivity (Wildman–Crippen MR) is 88.7 cm³/mol.